The summed E-state index contributed by atoms with van der Waals surface area (Å²) >= 11 is 0. The van der Waals surface area contributed by atoms with Crippen LogP contribution in [0.25, 0.3) is 0 Å². The zero-order valence-corrected chi connectivity index (χ0v) is 19.4. The van der Waals surface area contributed by atoms with Crippen LogP contribution >= 0.6 is 0 Å². The molecule has 0 radical (unpaired) electrons. The normalized spacial score (nSPS) is 19.0. The molecule has 8 heteroatoms. The summed E-state index contributed by atoms with van der Waals surface area (Å²) in [7, 11) is -1.33. The fourth-order valence-corrected chi connectivity index (χ4v) is 4.61. The Morgan fingerprint density at radius 2 is 2.06 bits per heavy atom. The monoisotopic (exact) mass is 449 g/mol. The van der Waals surface area contributed by atoms with Gasteiger partial charge in [-0.05, 0) is 45.8 Å². The highest BCUT2D eigenvalue weighted by Crippen LogP contribution is 2.23. The molecule has 7 nitrogen and oxygen atoms in total. The number of hydrogen-bond acceptors (Lipinski definition) is 6. The number of aryl methyl sites for hydroxylation is 2. The van der Waals surface area contributed by atoms with Crippen LogP contribution in [0, 0.1) is 25.7 Å². The molecule has 2 aliphatic rings. The van der Waals surface area contributed by atoms with E-state index >= 15 is 0 Å². The number of hydrogen-bond donors (Lipinski definition) is 1. The summed E-state index contributed by atoms with van der Waals surface area (Å²) in [6, 6.07) is 2.10. The lowest BCUT2D eigenvalue weighted by atomic mass is 10.1. The molecule has 0 aromatic carbocycles. The molecule has 2 aromatic heterocycles. The number of allylic oxidation sites excluding steroid dienone is 3. The van der Waals surface area contributed by atoms with Gasteiger partial charge in [0, 0.05) is 18.3 Å². The first-order valence-corrected chi connectivity index (χ1v) is 11.9. The molecule has 32 heavy (non-hydrogen) atoms. The number of morpholine rings is 1. The summed E-state index contributed by atoms with van der Waals surface area (Å²) in [5.74, 6) is 7.28. The van der Waals surface area contributed by atoms with Crippen molar-refractivity contribution in [1.82, 2.24) is 15.0 Å². The lowest BCUT2D eigenvalue weighted by Gasteiger charge is -2.34. The average Bonchev–Trinajstić information content (AvgIpc) is 2.81. The maximum atomic E-state index is 12.7. The van der Waals surface area contributed by atoms with E-state index in [1.165, 1.54) is 0 Å². The third-order valence-corrected chi connectivity index (χ3v) is 6.59. The number of aromatic nitrogens is 3. The fraction of sp³-hybridized carbons (Fsp3) is 0.375. The molecule has 2 atom stereocenters. The SMILES string of the molecule is Cc1ncc(C#Cc2c(C)ncnc2N2CCOCC2C)cc1NS(=O)C1=CCCC=C1. The van der Waals surface area contributed by atoms with Crippen molar-refractivity contribution in [2.45, 2.75) is 39.7 Å². The van der Waals surface area contributed by atoms with Crippen LogP contribution in [0.15, 0.2) is 41.7 Å². The van der Waals surface area contributed by atoms with Crippen LogP contribution in [0.3, 0.4) is 0 Å². The van der Waals surface area contributed by atoms with Crippen molar-refractivity contribution >= 4 is 22.5 Å². The van der Waals surface area contributed by atoms with Gasteiger partial charge in [0.05, 0.1) is 46.8 Å². The molecule has 1 aliphatic heterocycles. The molecule has 2 aromatic rings. The molecule has 0 spiro atoms. The van der Waals surface area contributed by atoms with E-state index in [1.807, 2.05) is 38.1 Å². The standard InChI is InChI=1S/C24H27N5O2S/c1-17-15-31-12-11-29(17)24-22(18(2)26-16-27-24)10-9-20-13-23(19(3)25-14-20)28-32(30)21-7-5-4-6-8-21/h5,7-8,13-14,16-17,28H,4,6,11-12,15H2,1-3H3. The second-order valence-corrected chi connectivity index (χ2v) is 9.05. The van der Waals surface area contributed by atoms with Crippen LogP contribution in [0.1, 0.15) is 42.3 Å². The predicted octanol–water partition coefficient (Wildman–Crippen LogP) is 3.42. The zero-order chi connectivity index (χ0) is 22.5. The second kappa shape index (κ2) is 10.1. The van der Waals surface area contributed by atoms with Crippen molar-refractivity contribution < 1.29 is 8.95 Å². The van der Waals surface area contributed by atoms with Crippen LogP contribution in [-0.4, -0.2) is 45.0 Å². The zero-order valence-electron chi connectivity index (χ0n) is 18.6. The van der Waals surface area contributed by atoms with Crippen molar-refractivity contribution in [3.05, 3.63) is 64.2 Å². The van der Waals surface area contributed by atoms with E-state index in [1.54, 1.807) is 12.5 Å². The predicted molar refractivity (Wildman–Crippen MR) is 128 cm³/mol. The molecule has 166 valence electrons. The molecule has 0 bridgehead atoms. The maximum Gasteiger partial charge on any atom is 0.149 e. The van der Waals surface area contributed by atoms with Gasteiger partial charge < -0.3 is 9.64 Å². The van der Waals surface area contributed by atoms with Crippen molar-refractivity contribution in [1.29, 1.82) is 0 Å². The van der Waals surface area contributed by atoms with E-state index in [9.17, 15) is 4.21 Å². The van der Waals surface area contributed by atoms with Gasteiger partial charge in [-0.25, -0.2) is 14.2 Å². The molecule has 0 saturated carbocycles. The number of anilines is 2. The van der Waals surface area contributed by atoms with E-state index in [2.05, 4.69) is 43.3 Å². The average molecular weight is 450 g/mol. The van der Waals surface area contributed by atoms with Crippen LogP contribution in [0.2, 0.25) is 0 Å². The molecule has 1 aliphatic carbocycles. The van der Waals surface area contributed by atoms with Gasteiger partial charge in [0.15, 0.2) is 0 Å². The highest BCUT2D eigenvalue weighted by molar-refractivity contribution is 7.90. The van der Waals surface area contributed by atoms with Gasteiger partial charge in [0.1, 0.15) is 23.1 Å². The third kappa shape index (κ3) is 5.06. The molecule has 1 N–H and O–H groups in total. The number of pyridine rings is 1. The Hall–Kier alpha value is -3.02. The highest BCUT2D eigenvalue weighted by atomic mass is 32.2. The summed E-state index contributed by atoms with van der Waals surface area (Å²) in [4.78, 5) is 16.3. The maximum absolute atomic E-state index is 12.7. The summed E-state index contributed by atoms with van der Waals surface area (Å²) in [6.07, 6.45) is 11.2. The van der Waals surface area contributed by atoms with Crippen LogP contribution < -0.4 is 9.62 Å². The van der Waals surface area contributed by atoms with Crippen LogP contribution in [0.4, 0.5) is 11.5 Å². The molecule has 1 saturated heterocycles. The van der Waals surface area contributed by atoms with Crippen molar-refractivity contribution in [3.63, 3.8) is 0 Å². The first kappa shape index (κ1) is 22.2. The Balaban J connectivity index is 1.61. The van der Waals surface area contributed by atoms with Gasteiger partial charge >= 0.3 is 0 Å². The molecule has 4 rings (SSSR count). The lowest BCUT2D eigenvalue weighted by molar-refractivity contribution is 0.0985. The number of ether oxygens (including phenoxy) is 1. The van der Waals surface area contributed by atoms with E-state index < -0.39 is 11.0 Å². The van der Waals surface area contributed by atoms with Crippen molar-refractivity contribution in [2.75, 3.05) is 29.4 Å². The van der Waals surface area contributed by atoms with Crippen molar-refractivity contribution in [2.24, 2.45) is 0 Å². The first-order valence-electron chi connectivity index (χ1n) is 10.7. The number of nitrogens with one attached hydrogen (secondary N) is 1. The lowest BCUT2D eigenvalue weighted by Crippen LogP contribution is -2.44. The molecule has 1 fully saturated rings. The van der Waals surface area contributed by atoms with Gasteiger partial charge in [-0.1, -0.05) is 24.0 Å². The van der Waals surface area contributed by atoms with Gasteiger partial charge in [-0.3, -0.25) is 9.71 Å². The summed E-state index contributed by atoms with van der Waals surface area (Å²) in [5, 5.41) is 0. The summed E-state index contributed by atoms with van der Waals surface area (Å²) < 4.78 is 21.3. The minimum Gasteiger partial charge on any atom is -0.377 e. The van der Waals surface area contributed by atoms with Gasteiger partial charge in [-0.15, -0.1) is 0 Å². The molecular weight excluding hydrogens is 422 g/mol. The second-order valence-electron chi connectivity index (χ2n) is 7.84. The Morgan fingerprint density at radius 3 is 2.84 bits per heavy atom. The van der Waals surface area contributed by atoms with E-state index in [0.717, 1.165) is 52.6 Å². The smallest absolute Gasteiger partial charge is 0.149 e. The Labute approximate surface area is 191 Å². The topological polar surface area (TPSA) is 80.2 Å². The quantitative estimate of drug-likeness (QED) is 0.721. The Bertz CT molecular complexity index is 1150. The Morgan fingerprint density at radius 1 is 1.19 bits per heavy atom. The van der Waals surface area contributed by atoms with Crippen LogP contribution in [0.5, 0.6) is 0 Å². The van der Waals surface area contributed by atoms with E-state index in [0.29, 0.717) is 18.9 Å². The van der Waals surface area contributed by atoms with Crippen LogP contribution in [-0.2, 0) is 15.7 Å². The fourth-order valence-electron chi connectivity index (χ4n) is 3.59. The van der Waals surface area contributed by atoms with E-state index in [-0.39, 0.29) is 6.04 Å². The minimum absolute atomic E-state index is 0.216. The first-order chi connectivity index (χ1) is 15.5. The molecule has 0 amide bonds. The summed E-state index contributed by atoms with van der Waals surface area (Å²) in [6.45, 7) is 8.04. The van der Waals surface area contributed by atoms with E-state index in [4.69, 9.17) is 4.74 Å². The molecule has 2 unspecified atom stereocenters. The summed E-state index contributed by atoms with van der Waals surface area (Å²) in [5.41, 5.74) is 3.84. The van der Waals surface area contributed by atoms with Gasteiger partial charge in [0.25, 0.3) is 0 Å². The largest absolute Gasteiger partial charge is 0.377 e. The highest BCUT2D eigenvalue weighted by Gasteiger charge is 2.23. The number of nitrogens with zero attached hydrogens (tertiary/aromatic N) is 4. The van der Waals surface area contributed by atoms with Gasteiger partial charge in [-0.2, -0.15) is 0 Å². The minimum atomic E-state index is -1.33. The van der Waals surface area contributed by atoms with Gasteiger partial charge in [0.2, 0.25) is 0 Å². The molecular formula is C24H27N5O2S. The number of rotatable bonds is 4. The third-order valence-electron chi connectivity index (χ3n) is 5.45. The molecule has 3 heterocycles. The van der Waals surface area contributed by atoms with Crippen molar-refractivity contribution in [3.8, 4) is 11.8 Å². The Kier molecular flexibility index (Phi) is 6.98.